The normalized spacial score (nSPS) is 20.2. The molecule has 2 aromatic heterocycles. The maximum atomic E-state index is 5.48. The molecule has 1 N–H and O–H groups in total. The summed E-state index contributed by atoms with van der Waals surface area (Å²) in [4.78, 5) is 20.1. The van der Waals surface area contributed by atoms with Crippen LogP contribution in [0.4, 0.5) is 11.6 Å². The van der Waals surface area contributed by atoms with E-state index in [0.717, 1.165) is 56.6 Å². The van der Waals surface area contributed by atoms with Crippen LogP contribution in [0.1, 0.15) is 37.3 Å². The molecule has 0 aliphatic carbocycles. The first-order valence-electron chi connectivity index (χ1n) is 9.52. The largest absolute Gasteiger partial charge is 0.381 e. The van der Waals surface area contributed by atoms with E-state index in [1.165, 1.54) is 19.4 Å². The molecule has 0 aromatic carbocycles. The summed E-state index contributed by atoms with van der Waals surface area (Å²) in [5.41, 5.74) is 1.05. The topological polar surface area (TPSA) is 76.1 Å². The van der Waals surface area contributed by atoms with Crippen molar-refractivity contribution in [3.05, 3.63) is 36.7 Å². The van der Waals surface area contributed by atoms with Crippen LogP contribution in [0.15, 0.2) is 31.0 Å². The summed E-state index contributed by atoms with van der Waals surface area (Å²) in [6.45, 7) is 5.32. The van der Waals surface area contributed by atoms with Crippen LogP contribution in [-0.4, -0.2) is 57.7 Å². The van der Waals surface area contributed by atoms with Gasteiger partial charge in [-0.3, -0.25) is 9.97 Å². The van der Waals surface area contributed by atoms with Gasteiger partial charge in [0.25, 0.3) is 0 Å². The quantitative estimate of drug-likeness (QED) is 0.884. The van der Waals surface area contributed by atoms with E-state index in [1.807, 2.05) is 0 Å². The SMILES string of the molecule is c1cnc(Nc2nccnc2C2CCN(CC3CCOCC3)CC2)cn1. The number of hydrogen-bond acceptors (Lipinski definition) is 7. The number of anilines is 2. The molecule has 0 saturated carbocycles. The van der Waals surface area contributed by atoms with E-state index in [1.54, 1.807) is 31.0 Å². The summed E-state index contributed by atoms with van der Waals surface area (Å²) in [6, 6.07) is 0. The summed E-state index contributed by atoms with van der Waals surface area (Å²) < 4.78 is 5.48. The lowest BCUT2D eigenvalue weighted by molar-refractivity contribution is 0.0487. The minimum atomic E-state index is 0.439. The van der Waals surface area contributed by atoms with E-state index < -0.39 is 0 Å². The molecule has 0 radical (unpaired) electrons. The molecule has 2 saturated heterocycles. The predicted molar refractivity (Wildman–Crippen MR) is 99.3 cm³/mol. The third-order valence-electron chi connectivity index (χ3n) is 5.37. The van der Waals surface area contributed by atoms with Crippen molar-refractivity contribution < 1.29 is 4.74 Å². The van der Waals surface area contributed by atoms with Gasteiger partial charge in [0, 0.05) is 50.5 Å². The smallest absolute Gasteiger partial charge is 0.153 e. The van der Waals surface area contributed by atoms with Crippen LogP contribution < -0.4 is 5.32 Å². The second kappa shape index (κ2) is 8.51. The number of hydrogen-bond donors (Lipinski definition) is 1. The van der Waals surface area contributed by atoms with Gasteiger partial charge in [-0.05, 0) is 44.7 Å². The molecule has 2 fully saturated rings. The maximum Gasteiger partial charge on any atom is 0.153 e. The van der Waals surface area contributed by atoms with Crippen LogP contribution in [0.3, 0.4) is 0 Å². The molecule has 4 heterocycles. The monoisotopic (exact) mass is 354 g/mol. The van der Waals surface area contributed by atoms with Crippen LogP contribution in [-0.2, 0) is 4.74 Å². The molecule has 7 nitrogen and oxygen atoms in total. The van der Waals surface area contributed by atoms with Crippen molar-refractivity contribution >= 4 is 11.6 Å². The highest BCUT2D eigenvalue weighted by atomic mass is 16.5. The first kappa shape index (κ1) is 17.3. The second-order valence-electron chi connectivity index (χ2n) is 7.14. The van der Waals surface area contributed by atoms with Gasteiger partial charge < -0.3 is 15.0 Å². The molecule has 2 aromatic rings. The molecular weight excluding hydrogens is 328 g/mol. The van der Waals surface area contributed by atoms with Gasteiger partial charge >= 0.3 is 0 Å². The van der Waals surface area contributed by atoms with Crippen LogP contribution in [0.5, 0.6) is 0 Å². The minimum Gasteiger partial charge on any atom is -0.381 e. The summed E-state index contributed by atoms with van der Waals surface area (Å²) in [5, 5.41) is 3.27. The van der Waals surface area contributed by atoms with Crippen molar-refractivity contribution in [2.75, 3.05) is 38.2 Å². The van der Waals surface area contributed by atoms with Crippen LogP contribution in [0.25, 0.3) is 0 Å². The van der Waals surface area contributed by atoms with Crippen LogP contribution >= 0.6 is 0 Å². The van der Waals surface area contributed by atoms with Crippen molar-refractivity contribution in [1.29, 1.82) is 0 Å². The number of aromatic nitrogens is 4. The molecule has 0 amide bonds. The molecule has 0 spiro atoms. The van der Waals surface area contributed by atoms with Crippen molar-refractivity contribution in [3.8, 4) is 0 Å². The van der Waals surface area contributed by atoms with Gasteiger partial charge in [-0.25, -0.2) is 9.97 Å². The Morgan fingerprint density at radius 2 is 1.73 bits per heavy atom. The van der Waals surface area contributed by atoms with Gasteiger partial charge in [0.2, 0.25) is 0 Å². The fourth-order valence-corrected chi connectivity index (χ4v) is 3.91. The third kappa shape index (κ3) is 4.34. The van der Waals surface area contributed by atoms with Gasteiger partial charge in [-0.2, -0.15) is 0 Å². The lowest BCUT2D eigenvalue weighted by Crippen LogP contribution is -2.38. The highest BCUT2D eigenvalue weighted by molar-refractivity contribution is 5.53. The lowest BCUT2D eigenvalue weighted by Gasteiger charge is -2.35. The number of ether oxygens (including phenoxy) is 1. The van der Waals surface area contributed by atoms with E-state index in [0.29, 0.717) is 11.7 Å². The van der Waals surface area contributed by atoms with Gasteiger partial charge in [0.05, 0.1) is 11.9 Å². The number of likely N-dealkylation sites (tertiary alicyclic amines) is 1. The summed E-state index contributed by atoms with van der Waals surface area (Å²) in [7, 11) is 0. The lowest BCUT2D eigenvalue weighted by atomic mass is 9.91. The first-order valence-corrected chi connectivity index (χ1v) is 9.52. The fourth-order valence-electron chi connectivity index (χ4n) is 3.91. The Balaban J connectivity index is 1.37. The zero-order valence-electron chi connectivity index (χ0n) is 15.0. The molecule has 0 atom stereocenters. The van der Waals surface area contributed by atoms with Crippen LogP contribution in [0, 0.1) is 5.92 Å². The molecule has 138 valence electrons. The first-order chi connectivity index (χ1) is 12.9. The van der Waals surface area contributed by atoms with E-state index in [-0.39, 0.29) is 0 Å². The molecule has 2 aliphatic rings. The zero-order chi connectivity index (χ0) is 17.6. The van der Waals surface area contributed by atoms with Crippen molar-refractivity contribution in [1.82, 2.24) is 24.8 Å². The van der Waals surface area contributed by atoms with Crippen molar-refractivity contribution in [2.24, 2.45) is 5.92 Å². The highest BCUT2D eigenvalue weighted by Gasteiger charge is 2.26. The number of nitrogens with one attached hydrogen (secondary N) is 1. The Hall–Kier alpha value is -2.12. The Labute approximate surface area is 154 Å². The maximum absolute atomic E-state index is 5.48. The molecule has 2 aliphatic heterocycles. The van der Waals surface area contributed by atoms with Crippen molar-refractivity contribution in [3.63, 3.8) is 0 Å². The third-order valence-corrected chi connectivity index (χ3v) is 5.37. The van der Waals surface area contributed by atoms with Gasteiger partial charge in [-0.15, -0.1) is 0 Å². The van der Waals surface area contributed by atoms with Gasteiger partial charge in [0.1, 0.15) is 5.82 Å². The Morgan fingerprint density at radius 3 is 2.50 bits per heavy atom. The van der Waals surface area contributed by atoms with E-state index in [4.69, 9.17) is 4.74 Å². The summed E-state index contributed by atoms with van der Waals surface area (Å²) in [5.74, 6) is 2.74. The molecule has 0 bridgehead atoms. The zero-order valence-corrected chi connectivity index (χ0v) is 15.0. The molecular formula is C19H26N6O. The van der Waals surface area contributed by atoms with Gasteiger partial charge in [0.15, 0.2) is 5.82 Å². The molecule has 26 heavy (non-hydrogen) atoms. The van der Waals surface area contributed by atoms with E-state index >= 15 is 0 Å². The highest BCUT2D eigenvalue weighted by Crippen LogP contribution is 2.32. The van der Waals surface area contributed by atoms with Crippen molar-refractivity contribution in [2.45, 2.75) is 31.6 Å². The second-order valence-corrected chi connectivity index (χ2v) is 7.14. The number of piperidine rings is 1. The van der Waals surface area contributed by atoms with Gasteiger partial charge in [-0.1, -0.05) is 0 Å². The molecule has 0 unspecified atom stereocenters. The standard InChI is InChI=1S/C19H26N6O/c1-9-25(14-15-3-11-26-12-4-15)10-2-16(1)18-19(23-8-7-22-18)24-17-13-20-5-6-21-17/h5-8,13,15-16H,1-4,9-12,14H2,(H,21,23,24). The predicted octanol–water partition coefficient (Wildman–Crippen LogP) is 2.62. The Kier molecular flexibility index (Phi) is 5.66. The van der Waals surface area contributed by atoms with E-state index in [9.17, 15) is 0 Å². The average Bonchev–Trinajstić information content (AvgIpc) is 2.71. The molecule has 4 rings (SSSR count). The fraction of sp³-hybridized carbons (Fsp3) is 0.579. The average molecular weight is 354 g/mol. The Morgan fingerprint density at radius 1 is 0.962 bits per heavy atom. The summed E-state index contributed by atoms with van der Waals surface area (Å²) >= 11 is 0. The number of rotatable bonds is 5. The molecule has 7 heteroatoms. The number of nitrogens with zero attached hydrogens (tertiary/aromatic N) is 5. The van der Waals surface area contributed by atoms with E-state index in [2.05, 4.69) is 30.2 Å². The summed E-state index contributed by atoms with van der Waals surface area (Å²) in [6.07, 6.45) is 13.2. The minimum absolute atomic E-state index is 0.439. The Bertz CT molecular complexity index is 683. The van der Waals surface area contributed by atoms with Crippen LogP contribution in [0.2, 0.25) is 0 Å².